The van der Waals surface area contributed by atoms with Crippen LogP contribution in [0.15, 0.2) is 60.7 Å². The van der Waals surface area contributed by atoms with Gasteiger partial charge in [-0.05, 0) is 13.8 Å². The first-order valence-corrected chi connectivity index (χ1v) is 31.9. The van der Waals surface area contributed by atoms with Crippen molar-refractivity contribution in [1.82, 2.24) is 0 Å². The van der Waals surface area contributed by atoms with E-state index in [2.05, 4.69) is 139 Å². The number of benzene rings is 2. The molecule has 35 heavy (non-hydrogen) atoms. The van der Waals surface area contributed by atoms with Gasteiger partial charge in [-0.2, -0.15) is 0 Å². The Hall–Kier alpha value is -0.299. The van der Waals surface area contributed by atoms with Gasteiger partial charge < -0.3 is 4.80 Å². The van der Waals surface area contributed by atoms with Crippen LogP contribution in [-0.2, 0) is 0 Å². The molecule has 193 valence electrons. The zero-order valence-corrected chi connectivity index (χ0v) is 30.6. The van der Waals surface area contributed by atoms with E-state index in [0.29, 0.717) is 4.28 Å². The molecular weight excluding hydrogens is 521 g/mol. The Labute approximate surface area is 223 Å². The van der Waals surface area contributed by atoms with Gasteiger partial charge in [0.15, 0.2) is 0 Å². The van der Waals surface area contributed by atoms with Crippen LogP contribution in [0, 0.1) is 0 Å². The van der Waals surface area contributed by atoms with Gasteiger partial charge in [0, 0.05) is 32.3 Å². The van der Waals surface area contributed by atoms with Crippen molar-refractivity contribution in [3.8, 4) is 0 Å². The molecule has 1 heterocycles. The fourth-order valence-electron chi connectivity index (χ4n) is 8.92. The van der Waals surface area contributed by atoms with Crippen molar-refractivity contribution in [3.05, 3.63) is 60.7 Å². The normalized spacial score (nSPS) is 23.8. The number of hydrogen-bond donors (Lipinski definition) is 1. The second-order valence-corrected chi connectivity index (χ2v) is 48.2. The maximum absolute atomic E-state index is 14.2. The summed E-state index contributed by atoms with van der Waals surface area (Å²) in [5.41, 5.74) is 0. The van der Waals surface area contributed by atoms with Crippen LogP contribution in [0.5, 0.6) is 0 Å². The zero-order chi connectivity index (χ0) is 26.7. The zero-order valence-electron chi connectivity index (χ0n) is 24.6. The molecule has 0 spiro atoms. The lowest BCUT2D eigenvalue weighted by Gasteiger charge is -2.71. The molecule has 1 radical (unpaired) electrons. The Bertz CT molecular complexity index is 984. The molecule has 0 aliphatic carbocycles. The summed E-state index contributed by atoms with van der Waals surface area (Å²) in [6, 6.07) is 22.8. The van der Waals surface area contributed by atoms with E-state index in [1.54, 1.807) is 0 Å². The van der Waals surface area contributed by atoms with Gasteiger partial charge in [-0.25, -0.2) is 0 Å². The molecule has 3 rings (SSSR count). The molecule has 1 N–H and O–H groups in total. The minimum Gasteiger partial charge on any atom is -0.430 e. The summed E-state index contributed by atoms with van der Waals surface area (Å²) in [7, 11) is -11.2. The SMILES string of the molecule is C[Si](C)(C)C1([Si](C)(C)C)CCC([Si](C)(C)C)([Si](C)(C)C)[Si](O)(c2ccccc2)[Si]1c1ccccc1. The highest BCUT2D eigenvalue weighted by Crippen LogP contribution is 2.68. The van der Waals surface area contributed by atoms with Gasteiger partial charge in [-0.1, -0.05) is 157 Å². The van der Waals surface area contributed by atoms with Gasteiger partial charge in [0.1, 0.15) is 8.31 Å². The van der Waals surface area contributed by atoms with Gasteiger partial charge in [0.25, 0.3) is 0 Å². The van der Waals surface area contributed by atoms with E-state index in [-0.39, 0.29) is 4.28 Å². The smallest absolute Gasteiger partial charge is 0.210 e. The van der Waals surface area contributed by atoms with Crippen LogP contribution in [0.4, 0.5) is 0 Å². The quantitative estimate of drug-likeness (QED) is 0.367. The standard InChI is InChI=1S/C28H51OSi6/c1-31(2,3)27(32(4,5)6)23-24-28(33(7,8)9,34(10,11)12)35(29,26-21-17-14-18-22-26)30(27)25-19-15-13-16-20-25/h13-22,29H,23-24H2,1-12H3. The maximum Gasteiger partial charge on any atom is 0.210 e. The average Bonchev–Trinajstić information content (AvgIpc) is 2.71. The topological polar surface area (TPSA) is 20.2 Å². The summed E-state index contributed by atoms with van der Waals surface area (Å²) in [5, 5.41) is 2.88. The lowest BCUT2D eigenvalue weighted by atomic mass is 10.3. The molecule has 1 saturated heterocycles. The summed E-state index contributed by atoms with van der Waals surface area (Å²) >= 11 is 0. The van der Waals surface area contributed by atoms with Crippen LogP contribution in [0.3, 0.4) is 0 Å². The van der Waals surface area contributed by atoms with Gasteiger partial charge in [0.05, 0.1) is 0 Å². The molecule has 2 aromatic rings. The van der Waals surface area contributed by atoms with Crippen LogP contribution in [-0.4, -0.2) is 53.2 Å². The van der Waals surface area contributed by atoms with Crippen LogP contribution >= 0.6 is 0 Å². The molecule has 7 heteroatoms. The molecule has 1 unspecified atom stereocenters. The summed E-state index contributed by atoms with van der Waals surface area (Å²) in [6.45, 7) is 31.5. The van der Waals surface area contributed by atoms with E-state index in [1.165, 1.54) is 23.2 Å². The average molecular weight is 572 g/mol. The number of hydrogen-bond acceptors (Lipinski definition) is 1. The second kappa shape index (κ2) is 9.17. The molecule has 0 amide bonds. The van der Waals surface area contributed by atoms with Crippen molar-refractivity contribution in [2.75, 3.05) is 0 Å². The molecule has 1 nitrogen and oxygen atoms in total. The third-order valence-corrected chi connectivity index (χ3v) is 57.4. The number of rotatable bonds is 6. The van der Waals surface area contributed by atoms with Crippen LogP contribution in [0.1, 0.15) is 12.8 Å². The Morgan fingerprint density at radius 3 is 1.37 bits per heavy atom. The fraction of sp³-hybridized carbons (Fsp3) is 0.571. The second-order valence-electron chi connectivity index (χ2n) is 15.1. The van der Waals surface area contributed by atoms with Crippen LogP contribution in [0.25, 0.3) is 0 Å². The maximum atomic E-state index is 14.2. The molecule has 1 aliphatic rings. The Morgan fingerprint density at radius 2 is 1.00 bits per heavy atom. The van der Waals surface area contributed by atoms with Gasteiger partial charge >= 0.3 is 0 Å². The third-order valence-electron chi connectivity index (χ3n) is 9.66. The Morgan fingerprint density at radius 1 is 0.600 bits per heavy atom. The first-order valence-electron chi connectivity index (χ1n) is 13.5. The first-order chi connectivity index (χ1) is 15.8. The van der Waals surface area contributed by atoms with Crippen LogP contribution in [0.2, 0.25) is 87.1 Å². The van der Waals surface area contributed by atoms with Crippen molar-refractivity contribution in [2.24, 2.45) is 0 Å². The van der Waals surface area contributed by atoms with Crippen molar-refractivity contribution < 1.29 is 4.80 Å². The van der Waals surface area contributed by atoms with Gasteiger partial charge in [0.2, 0.25) is 7.83 Å². The highest BCUT2D eigenvalue weighted by Gasteiger charge is 2.77. The minimum atomic E-state index is -2.99. The van der Waals surface area contributed by atoms with E-state index in [9.17, 15) is 4.80 Å². The predicted octanol–water partition coefficient (Wildman–Crippen LogP) is 7.10. The fourth-order valence-corrected chi connectivity index (χ4v) is 77.6. The van der Waals surface area contributed by atoms with Crippen molar-refractivity contribution in [2.45, 2.75) is 100.0 Å². The van der Waals surface area contributed by atoms with E-state index >= 15 is 0 Å². The van der Waals surface area contributed by atoms with Crippen LogP contribution < -0.4 is 10.4 Å². The molecule has 1 atom stereocenters. The molecule has 2 aromatic carbocycles. The summed E-state index contributed by atoms with van der Waals surface area (Å²) in [6.07, 6.45) is 2.60. The summed E-state index contributed by atoms with van der Waals surface area (Å²) in [4.78, 5) is 14.2. The molecule has 0 saturated carbocycles. The molecule has 1 aliphatic heterocycles. The van der Waals surface area contributed by atoms with E-state index in [0.717, 1.165) is 0 Å². The summed E-state index contributed by atoms with van der Waals surface area (Å²) < 4.78 is 0.479. The van der Waals surface area contributed by atoms with E-state index < -0.39 is 48.4 Å². The van der Waals surface area contributed by atoms with Crippen molar-refractivity contribution >= 4 is 58.8 Å². The highest BCUT2D eigenvalue weighted by atomic mass is 29.2. The molecule has 0 bridgehead atoms. The van der Waals surface area contributed by atoms with E-state index in [1.807, 2.05) is 0 Å². The summed E-state index contributed by atoms with van der Waals surface area (Å²) in [5.74, 6) is 0. The highest BCUT2D eigenvalue weighted by molar-refractivity contribution is 7.52. The molecule has 0 aromatic heterocycles. The van der Waals surface area contributed by atoms with Crippen molar-refractivity contribution in [1.29, 1.82) is 0 Å². The molecule has 1 fully saturated rings. The largest absolute Gasteiger partial charge is 0.430 e. The van der Waals surface area contributed by atoms with Gasteiger partial charge in [-0.15, -0.1) is 0 Å². The molecular formula is C28H51OSi6. The Balaban J connectivity index is 2.64. The van der Waals surface area contributed by atoms with Crippen molar-refractivity contribution in [3.63, 3.8) is 0 Å². The minimum absolute atomic E-state index is 0.140. The third kappa shape index (κ3) is 4.21. The Kier molecular flexibility index (Phi) is 7.66. The van der Waals surface area contributed by atoms with E-state index in [4.69, 9.17) is 0 Å². The lowest BCUT2D eigenvalue weighted by Crippen LogP contribution is -2.89. The first kappa shape index (κ1) is 29.3. The van der Waals surface area contributed by atoms with Gasteiger partial charge in [-0.3, -0.25) is 0 Å². The lowest BCUT2D eigenvalue weighted by molar-refractivity contribution is 0.516. The predicted molar refractivity (Wildman–Crippen MR) is 174 cm³/mol. The monoisotopic (exact) mass is 571 g/mol.